The first-order valence-corrected chi connectivity index (χ1v) is 8.17. The summed E-state index contributed by atoms with van der Waals surface area (Å²) in [6.07, 6.45) is 1.60. The Hall–Kier alpha value is -3.34. The number of nitrogens with zero attached hydrogens (tertiary/aromatic N) is 1. The van der Waals surface area contributed by atoms with Gasteiger partial charge in [0.1, 0.15) is 5.75 Å². The predicted molar refractivity (Wildman–Crippen MR) is 97.8 cm³/mol. The second-order valence-corrected chi connectivity index (χ2v) is 5.98. The van der Waals surface area contributed by atoms with Crippen LogP contribution in [-0.2, 0) is 20.9 Å². The van der Waals surface area contributed by atoms with Crippen molar-refractivity contribution in [2.75, 3.05) is 7.11 Å². The van der Waals surface area contributed by atoms with E-state index in [0.29, 0.717) is 17.8 Å². The van der Waals surface area contributed by atoms with E-state index in [1.165, 1.54) is 13.2 Å². The summed E-state index contributed by atoms with van der Waals surface area (Å²) in [7, 11) is 1.29. The Morgan fingerprint density at radius 1 is 1.15 bits per heavy atom. The van der Waals surface area contributed by atoms with Crippen LogP contribution in [0.3, 0.4) is 0 Å². The molecule has 2 aromatic carbocycles. The maximum atomic E-state index is 13.0. The fourth-order valence-corrected chi connectivity index (χ4v) is 2.97. The average Bonchev–Trinajstić information content (AvgIpc) is 2.86. The van der Waals surface area contributed by atoms with Gasteiger partial charge in [0, 0.05) is 5.70 Å². The number of benzene rings is 2. The highest BCUT2D eigenvalue weighted by Gasteiger charge is 2.36. The number of ether oxygens (including phenoxy) is 1. The van der Waals surface area contributed by atoms with Gasteiger partial charge in [-0.1, -0.05) is 42.5 Å². The fourth-order valence-electron chi connectivity index (χ4n) is 2.97. The maximum absolute atomic E-state index is 13.0. The number of allylic oxidation sites excluding steroid dienone is 1. The highest BCUT2D eigenvalue weighted by Crippen LogP contribution is 2.33. The van der Waals surface area contributed by atoms with Crippen molar-refractivity contribution in [2.45, 2.75) is 13.5 Å². The quantitative estimate of drug-likeness (QED) is 0.680. The molecule has 0 aliphatic carbocycles. The molecule has 1 amide bonds. The molecule has 1 aliphatic heterocycles. The maximum Gasteiger partial charge on any atom is 0.340 e. The van der Waals surface area contributed by atoms with Crippen LogP contribution in [0.5, 0.6) is 5.75 Å². The van der Waals surface area contributed by atoms with E-state index in [1.54, 1.807) is 36.1 Å². The van der Waals surface area contributed by atoms with Crippen molar-refractivity contribution in [3.8, 4) is 5.75 Å². The van der Waals surface area contributed by atoms with Crippen LogP contribution in [0.25, 0.3) is 6.08 Å². The zero-order chi connectivity index (χ0) is 18.7. The number of phenols is 1. The molecule has 5 nitrogen and oxygen atoms in total. The Balaban J connectivity index is 2.03. The summed E-state index contributed by atoms with van der Waals surface area (Å²) < 4.78 is 4.88. The Labute approximate surface area is 151 Å². The van der Waals surface area contributed by atoms with E-state index in [0.717, 1.165) is 5.56 Å². The van der Waals surface area contributed by atoms with Gasteiger partial charge in [-0.25, -0.2) is 4.79 Å². The fraction of sp³-hybridized carbons (Fsp3) is 0.143. The monoisotopic (exact) mass is 349 g/mol. The van der Waals surface area contributed by atoms with Gasteiger partial charge in [0.2, 0.25) is 0 Å². The number of hydrogen-bond donors (Lipinski definition) is 1. The Bertz CT molecular complexity index is 913. The minimum atomic E-state index is -0.558. The minimum absolute atomic E-state index is 0.0891. The largest absolute Gasteiger partial charge is 0.508 e. The molecule has 0 bridgehead atoms. The van der Waals surface area contributed by atoms with Crippen molar-refractivity contribution in [1.82, 2.24) is 4.90 Å². The first-order valence-electron chi connectivity index (χ1n) is 8.17. The van der Waals surface area contributed by atoms with Gasteiger partial charge in [-0.3, -0.25) is 4.79 Å². The number of esters is 1. The van der Waals surface area contributed by atoms with Crippen LogP contribution in [0.2, 0.25) is 0 Å². The van der Waals surface area contributed by atoms with Gasteiger partial charge in [-0.05, 0) is 36.3 Å². The molecule has 3 rings (SSSR count). The topological polar surface area (TPSA) is 66.8 Å². The molecule has 5 heteroatoms. The van der Waals surface area contributed by atoms with Crippen LogP contribution in [-0.4, -0.2) is 29.0 Å². The molecule has 1 aliphatic rings. The molecule has 0 aromatic heterocycles. The molecule has 0 radical (unpaired) electrons. The summed E-state index contributed by atoms with van der Waals surface area (Å²) in [5, 5.41) is 9.64. The van der Waals surface area contributed by atoms with Crippen molar-refractivity contribution in [2.24, 2.45) is 0 Å². The lowest BCUT2D eigenvalue weighted by atomic mass is 10.0. The van der Waals surface area contributed by atoms with Crippen molar-refractivity contribution < 1.29 is 19.4 Å². The number of methoxy groups -OCH3 is 1. The summed E-state index contributed by atoms with van der Waals surface area (Å²) in [6.45, 7) is 2.10. The number of carbonyl (C=O) groups is 2. The number of aromatic hydroxyl groups is 1. The van der Waals surface area contributed by atoms with E-state index >= 15 is 0 Å². The van der Waals surface area contributed by atoms with Crippen LogP contribution < -0.4 is 0 Å². The van der Waals surface area contributed by atoms with Crippen LogP contribution in [0, 0.1) is 0 Å². The third kappa shape index (κ3) is 3.37. The average molecular weight is 349 g/mol. The molecule has 132 valence electrons. The lowest BCUT2D eigenvalue weighted by Gasteiger charge is -2.17. The van der Waals surface area contributed by atoms with E-state index in [1.807, 2.05) is 30.3 Å². The van der Waals surface area contributed by atoms with Crippen molar-refractivity contribution in [3.63, 3.8) is 0 Å². The minimum Gasteiger partial charge on any atom is -0.508 e. The molecule has 0 atom stereocenters. The first-order chi connectivity index (χ1) is 12.5. The zero-order valence-corrected chi connectivity index (χ0v) is 14.6. The molecule has 1 heterocycles. The van der Waals surface area contributed by atoms with Crippen LogP contribution in [0.1, 0.15) is 18.1 Å². The highest BCUT2D eigenvalue weighted by molar-refractivity contribution is 6.16. The number of rotatable bonds is 4. The smallest absolute Gasteiger partial charge is 0.340 e. The molecule has 0 unspecified atom stereocenters. The third-order valence-electron chi connectivity index (χ3n) is 4.27. The van der Waals surface area contributed by atoms with E-state index in [2.05, 4.69) is 0 Å². The highest BCUT2D eigenvalue weighted by atomic mass is 16.5. The summed E-state index contributed by atoms with van der Waals surface area (Å²) in [5.41, 5.74) is 2.65. The van der Waals surface area contributed by atoms with Crippen LogP contribution in [0.15, 0.2) is 71.4 Å². The molecular weight excluding hydrogens is 330 g/mol. The van der Waals surface area contributed by atoms with Crippen molar-refractivity contribution in [3.05, 3.63) is 82.6 Å². The SMILES string of the molecule is COC(=O)C1=C(C)N(Cc2ccccc2)C(=O)/C1=C\c1cccc(O)c1. The van der Waals surface area contributed by atoms with Gasteiger partial charge >= 0.3 is 5.97 Å². The third-order valence-corrected chi connectivity index (χ3v) is 4.27. The molecule has 0 saturated heterocycles. The lowest BCUT2D eigenvalue weighted by Crippen LogP contribution is -2.24. The number of carbonyl (C=O) groups excluding carboxylic acids is 2. The van der Waals surface area contributed by atoms with E-state index in [4.69, 9.17) is 4.74 Å². The first kappa shape index (κ1) is 17.5. The molecule has 0 spiro atoms. The molecule has 0 fully saturated rings. The van der Waals surface area contributed by atoms with Crippen molar-refractivity contribution in [1.29, 1.82) is 0 Å². The molecule has 26 heavy (non-hydrogen) atoms. The second-order valence-electron chi connectivity index (χ2n) is 5.98. The molecular formula is C21H19NO4. The summed E-state index contributed by atoms with van der Waals surface area (Å²) in [4.78, 5) is 26.8. The van der Waals surface area contributed by atoms with E-state index in [9.17, 15) is 14.7 Å². The van der Waals surface area contributed by atoms with Gasteiger partial charge < -0.3 is 14.7 Å². The lowest BCUT2D eigenvalue weighted by molar-refractivity contribution is -0.136. The second kappa shape index (κ2) is 7.27. The van der Waals surface area contributed by atoms with E-state index < -0.39 is 5.97 Å². The standard InChI is InChI=1S/C21H19NO4/c1-14-19(21(25)26-2)18(12-16-9-6-10-17(23)11-16)20(24)22(14)13-15-7-4-3-5-8-15/h3-12,23H,13H2,1-2H3/b18-12-. The predicted octanol–water partition coefficient (Wildman–Crippen LogP) is 3.27. The van der Waals surface area contributed by atoms with Gasteiger partial charge in [0.05, 0.1) is 24.8 Å². The summed E-state index contributed by atoms with van der Waals surface area (Å²) in [6, 6.07) is 16.1. The van der Waals surface area contributed by atoms with Gasteiger partial charge in [-0.2, -0.15) is 0 Å². The molecule has 1 N–H and O–H groups in total. The number of hydrogen-bond acceptors (Lipinski definition) is 4. The normalized spacial score (nSPS) is 15.7. The molecule has 0 saturated carbocycles. The zero-order valence-electron chi connectivity index (χ0n) is 14.6. The van der Waals surface area contributed by atoms with E-state index in [-0.39, 0.29) is 22.8 Å². The Morgan fingerprint density at radius 3 is 2.54 bits per heavy atom. The number of amides is 1. The van der Waals surface area contributed by atoms with Crippen molar-refractivity contribution >= 4 is 18.0 Å². The molecule has 2 aromatic rings. The Morgan fingerprint density at radius 2 is 1.88 bits per heavy atom. The van der Waals surface area contributed by atoms with Crippen LogP contribution in [0.4, 0.5) is 0 Å². The van der Waals surface area contributed by atoms with Gasteiger partial charge in [-0.15, -0.1) is 0 Å². The van der Waals surface area contributed by atoms with Gasteiger partial charge in [0.25, 0.3) is 5.91 Å². The summed E-state index contributed by atoms with van der Waals surface area (Å²) >= 11 is 0. The number of phenolic OH excluding ortho intramolecular Hbond substituents is 1. The Kier molecular flexibility index (Phi) is 4.89. The van der Waals surface area contributed by atoms with Gasteiger partial charge in [0.15, 0.2) is 0 Å². The summed E-state index contributed by atoms with van der Waals surface area (Å²) in [5.74, 6) is -0.737. The van der Waals surface area contributed by atoms with Crippen LogP contribution >= 0.6 is 0 Å².